The van der Waals surface area contributed by atoms with Gasteiger partial charge in [0.1, 0.15) is 17.6 Å². The number of carbonyl (C=O) groups excluding carboxylic acids is 1. The smallest absolute Gasteiger partial charge is 0.412 e. The second kappa shape index (κ2) is 10.7. The molecule has 1 amide bonds. The van der Waals surface area contributed by atoms with Crippen molar-refractivity contribution in [2.75, 3.05) is 11.9 Å². The van der Waals surface area contributed by atoms with Gasteiger partial charge in [0.15, 0.2) is 6.10 Å². The van der Waals surface area contributed by atoms with Crippen LogP contribution < -0.4 is 10.1 Å². The molecule has 30 heavy (non-hydrogen) atoms. The van der Waals surface area contributed by atoms with Gasteiger partial charge in [-0.1, -0.05) is 46.3 Å². The van der Waals surface area contributed by atoms with Crippen LogP contribution in [0.2, 0.25) is 0 Å². The zero-order valence-electron chi connectivity index (χ0n) is 16.1. The van der Waals surface area contributed by atoms with Crippen molar-refractivity contribution in [1.82, 2.24) is 0 Å². The molecule has 6 nitrogen and oxygen atoms in total. The summed E-state index contributed by atoms with van der Waals surface area (Å²) in [5.74, 6) is 0.691. The summed E-state index contributed by atoms with van der Waals surface area (Å²) in [6.45, 7) is -0.149. The lowest BCUT2D eigenvalue weighted by atomic mass is 10.0. The van der Waals surface area contributed by atoms with E-state index in [9.17, 15) is 15.0 Å². The maximum atomic E-state index is 12.6. The molecule has 0 aliphatic heterocycles. The van der Waals surface area contributed by atoms with Gasteiger partial charge in [0.2, 0.25) is 0 Å². The van der Waals surface area contributed by atoms with Crippen molar-refractivity contribution >= 4 is 27.7 Å². The molecule has 7 heteroatoms. The van der Waals surface area contributed by atoms with Crippen molar-refractivity contribution in [1.29, 1.82) is 0 Å². The topological polar surface area (TPSA) is 88.0 Å². The number of benzene rings is 3. The van der Waals surface area contributed by atoms with Crippen LogP contribution in [0.3, 0.4) is 0 Å². The maximum absolute atomic E-state index is 12.6. The number of nitrogens with one attached hydrogen (secondary N) is 1. The lowest BCUT2D eigenvalue weighted by Gasteiger charge is -2.28. The van der Waals surface area contributed by atoms with E-state index in [0.29, 0.717) is 17.0 Å². The van der Waals surface area contributed by atoms with Crippen LogP contribution in [-0.4, -0.2) is 29.0 Å². The number of rotatable bonds is 8. The molecule has 3 N–H and O–H groups in total. The van der Waals surface area contributed by atoms with Crippen LogP contribution in [0.5, 0.6) is 11.5 Å². The predicted octanol–water partition coefficient (Wildman–Crippen LogP) is 5.27. The monoisotopic (exact) mass is 471 g/mol. The van der Waals surface area contributed by atoms with Crippen LogP contribution in [0.15, 0.2) is 83.3 Å². The van der Waals surface area contributed by atoms with Crippen molar-refractivity contribution in [2.24, 2.45) is 0 Å². The Balaban J connectivity index is 1.83. The number of halogens is 1. The summed E-state index contributed by atoms with van der Waals surface area (Å²) in [6.07, 6.45) is -1.87. The number of hydrogen-bond acceptors (Lipinski definition) is 5. The number of aliphatic hydroxyl groups excluding tert-OH is 1. The maximum Gasteiger partial charge on any atom is 0.412 e. The predicted molar refractivity (Wildman–Crippen MR) is 118 cm³/mol. The number of phenols is 1. The molecule has 3 aromatic carbocycles. The lowest BCUT2D eigenvalue weighted by molar-refractivity contribution is 0.00907. The fourth-order valence-corrected chi connectivity index (χ4v) is 3.16. The van der Waals surface area contributed by atoms with Crippen LogP contribution in [0, 0.1) is 0 Å². The van der Waals surface area contributed by atoms with Crippen molar-refractivity contribution in [2.45, 2.75) is 18.6 Å². The summed E-state index contributed by atoms with van der Waals surface area (Å²) in [4.78, 5) is 12.6. The summed E-state index contributed by atoms with van der Waals surface area (Å²) >= 11 is 3.35. The first-order chi connectivity index (χ1) is 14.5. The molecule has 0 radical (unpaired) electrons. The standard InChI is InChI=1S/C23H22BrNO5/c24-17-8-10-18(11-9-17)25-23(28)30-22(16-6-12-19(27)13-7-16)21(14-15-26)29-20-4-2-1-3-5-20/h1-13,21-22,26-27H,14-15H2,(H,25,28)/t21-,22-/m0/s1. The van der Waals surface area contributed by atoms with E-state index in [1.54, 1.807) is 48.5 Å². The molecule has 0 unspecified atom stereocenters. The third-order valence-corrected chi connectivity index (χ3v) is 4.86. The van der Waals surface area contributed by atoms with Crippen LogP contribution in [0.25, 0.3) is 0 Å². The number of anilines is 1. The Morgan fingerprint density at radius 2 is 1.63 bits per heavy atom. The molecule has 0 spiro atoms. The first-order valence-electron chi connectivity index (χ1n) is 9.40. The van der Waals surface area contributed by atoms with E-state index in [1.165, 1.54) is 12.1 Å². The largest absolute Gasteiger partial charge is 0.508 e. The lowest BCUT2D eigenvalue weighted by Crippen LogP contribution is -2.31. The van der Waals surface area contributed by atoms with E-state index in [1.807, 2.05) is 18.2 Å². The summed E-state index contributed by atoms with van der Waals surface area (Å²) < 4.78 is 12.6. The highest BCUT2D eigenvalue weighted by atomic mass is 79.9. The summed E-state index contributed by atoms with van der Waals surface area (Å²) in [5.41, 5.74) is 1.21. The second-order valence-corrected chi connectivity index (χ2v) is 7.45. The summed E-state index contributed by atoms with van der Waals surface area (Å²) in [5, 5.41) is 21.9. The van der Waals surface area contributed by atoms with E-state index in [2.05, 4.69) is 21.2 Å². The van der Waals surface area contributed by atoms with E-state index >= 15 is 0 Å². The van der Waals surface area contributed by atoms with Gasteiger partial charge in [-0.15, -0.1) is 0 Å². The highest BCUT2D eigenvalue weighted by Gasteiger charge is 2.29. The van der Waals surface area contributed by atoms with Crippen LogP contribution >= 0.6 is 15.9 Å². The third-order valence-electron chi connectivity index (χ3n) is 4.33. The van der Waals surface area contributed by atoms with Gasteiger partial charge < -0.3 is 19.7 Å². The van der Waals surface area contributed by atoms with Crippen molar-refractivity contribution in [3.63, 3.8) is 0 Å². The number of ether oxygens (including phenoxy) is 2. The number of aromatic hydroxyl groups is 1. The molecule has 0 bridgehead atoms. The number of amides is 1. The highest BCUT2D eigenvalue weighted by molar-refractivity contribution is 9.10. The SMILES string of the molecule is O=C(Nc1ccc(Br)cc1)O[C@@H](c1ccc(O)cc1)[C@H](CCO)Oc1ccccc1. The minimum Gasteiger partial charge on any atom is -0.508 e. The Morgan fingerprint density at radius 1 is 0.967 bits per heavy atom. The molecule has 3 rings (SSSR count). The molecular formula is C23H22BrNO5. The van der Waals surface area contributed by atoms with Crippen LogP contribution in [0.1, 0.15) is 18.1 Å². The average Bonchev–Trinajstić information content (AvgIpc) is 2.75. The molecule has 0 aliphatic carbocycles. The summed E-state index contributed by atoms with van der Waals surface area (Å²) in [7, 11) is 0. The minimum absolute atomic E-state index is 0.0968. The molecule has 0 saturated heterocycles. The zero-order chi connectivity index (χ0) is 21.3. The fourth-order valence-electron chi connectivity index (χ4n) is 2.89. The third kappa shape index (κ3) is 6.23. The normalized spacial score (nSPS) is 12.6. The summed E-state index contributed by atoms with van der Waals surface area (Å²) in [6, 6.07) is 22.6. The van der Waals surface area contributed by atoms with Gasteiger partial charge in [-0.2, -0.15) is 0 Å². The quantitative estimate of drug-likeness (QED) is 0.416. The molecule has 3 aromatic rings. The first-order valence-corrected chi connectivity index (χ1v) is 10.2. The van der Waals surface area contributed by atoms with Gasteiger partial charge in [0.25, 0.3) is 0 Å². The molecule has 2 atom stereocenters. The van der Waals surface area contributed by atoms with E-state index in [4.69, 9.17) is 9.47 Å². The average molecular weight is 472 g/mol. The van der Waals surface area contributed by atoms with Gasteiger partial charge in [-0.05, 0) is 54.1 Å². The van der Waals surface area contributed by atoms with Gasteiger partial charge in [0.05, 0.1) is 0 Å². The molecule has 0 heterocycles. The van der Waals surface area contributed by atoms with Gasteiger partial charge in [-0.3, -0.25) is 5.32 Å². The number of phenolic OH excluding ortho intramolecular Hbond substituents is 1. The minimum atomic E-state index is -0.812. The zero-order valence-corrected chi connectivity index (χ0v) is 17.7. The van der Waals surface area contributed by atoms with Gasteiger partial charge >= 0.3 is 6.09 Å². The number of carbonyl (C=O) groups is 1. The Hall–Kier alpha value is -3.03. The molecule has 156 valence electrons. The van der Waals surface area contributed by atoms with Crippen molar-refractivity contribution < 1.29 is 24.5 Å². The number of aliphatic hydroxyl groups is 1. The van der Waals surface area contributed by atoms with E-state index < -0.39 is 18.3 Å². The van der Waals surface area contributed by atoms with Crippen LogP contribution in [-0.2, 0) is 4.74 Å². The fraction of sp³-hybridized carbons (Fsp3) is 0.174. The first kappa shape index (κ1) is 21.7. The molecular weight excluding hydrogens is 450 g/mol. The Kier molecular flexibility index (Phi) is 7.70. The molecule has 0 aliphatic rings. The Morgan fingerprint density at radius 3 is 2.27 bits per heavy atom. The highest BCUT2D eigenvalue weighted by Crippen LogP contribution is 2.29. The van der Waals surface area contributed by atoms with Crippen molar-refractivity contribution in [3.8, 4) is 11.5 Å². The number of para-hydroxylation sites is 1. The second-order valence-electron chi connectivity index (χ2n) is 6.53. The molecule has 0 aromatic heterocycles. The Bertz CT molecular complexity index is 932. The van der Waals surface area contributed by atoms with Gasteiger partial charge in [-0.25, -0.2) is 4.79 Å². The van der Waals surface area contributed by atoms with E-state index in [0.717, 1.165) is 4.47 Å². The van der Waals surface area contributed by atoms with Gasteiger partial charge in [0, 0.05) is 23.2 Å². The Labute approximate surface area is 183 Å². The molecule has 0 fully saturated rings. The van der Waals surface area contributed by atoms with Crippen LogP contribution in [0.4, 0.5) is 10.5 Å². The molecule has 0 saturated carbocycles. The van der Waals surface area contributed by atoms with E-state index in [-0.39, 0.29) is 18.8 Å². The van der Waals surface area contributed by atoms with Crippen molar-refractivity contribution in [3.05, 3.63) is 88.9 Å². The number of hydrogen-bond donors (Lipinski definition) is 3.